The molecule has 0 spiro atoms. The van der Waals surface area contributed by atoms with Crippen LogP contribution in [0.1, 0.15) is 34.1 Å². The average Bonchev–Trinajstić information content (AvgIpc) is 2.54. The molecule has 0 aromatic carbocycles. The van der Waals surface area contributed by atoms with E-state index in [0.29, 0.717) is 0 Å². The lowest BCUT2D eigenvalue weighted by atomic mass is 10.0. The molecule has 0 heterocycles. The van der Waals surface area contributed by atoms with E-state index in [4.69, 9.17) is 15.9 Å². The van der Waals surface area contributed by atoms with Crippen LogP contribution >= 0.6 is 0 Å². The van der Waals surface area contributed by atoms with E-state index < -0.39 is 60.6 Å². The standard InChI is InChI=1S/C16H30N4O7/c1-7(2)5-10(14(24)19-11(6-21)16(26)27)18-15(25)12(9(4)22)20-13(23)8(3)17/h7-12,21-22H,5-6,17H2,1-4H3,(H,18,25)(H,19,24)(H,20,23)(H,26,27). The lowest BCUT2D eigenvalue weighted by molar-refractivity contribution is -0.143. The van der Waals surface area contributed by atoms with Gasteiger partial charge in [-0.2, -0.15) is 0 Å². The van der Waals surface area contributed by atoms with Crippen molar-refractivity contribution in [2.24, 2.45) is 11.7 Å². The second kappa shape index (κ2) is 11.5. The summed E-state index contributed by atoms with van der Waals surface area (Å²) in [5.74, 6) is -3.75. The van der Waals surface area contributed by atoms with Crippen LogP contribution in [-0.2, 0) is 19.2 Å². The van der Waals surface area contributed by atoms with E-state index in [1.807, 2.05) is 0 Å². The van der Waals surface area contributed by atoms with Gasteiger partial charge in [-0.1, -0.05) is 13.8 Å². The largest absolute Gasteiger partial charge is 0.480 e. The number of carboxylic acids is 1. The Balaban J connectivity index is 5.28. The number of hydrogen-bond donors (Lipinski definition) is 7. The van der Waals surface area contributed by atoms with Gasteiger partial charge in [-0.15, -0.1) is 0 Å². The molecule has 0 saturated carbocycles. The minimum Gasteiger partial charge on any atom is -0.480 e. The van der Waals surface area contributed by atoms with Crippen molar-refractivity contribution in [2.75, 3.05) is 6.61 Å². The molecule has 11 nitrogen and oxygen atoms in total. The summed E-state index contributed by atoms with van der Waals surface area (Å²) in [5, 5.41) is 34.6. The maximum atomic E-state index is 12.5. The molecule has 0 fully saturated rings. The van der Waals surface area contributed by atoms with Crippen LogP contribution in [0.25, 0.3) is 0 Å². The van der Waals surface area contributed by atoms with E-state index in [1.54, 1.807) is 13.8 Å². The van der Waals surface area contributed by atoms with Gasteiger partial charge in [0.25, 0.3) is 0 Å². The molecule has 5 unspecified atom stereocenters. The topological polar surface area (TPSA) is 191 Å². The number of nitrogens with one attached hydrogen (secondary N) is 3. The van der Waals surface area contributed by atoms with Crippen molar-refractivity contribution in [2.45, 2.75) is 64.4 Å². The third kappa shape index (κ3) is 8.80. The molecule has 0 aliphatic rings. The number of hydrogen-bond acceptors (Lipinski definition) is 7. The predicted molar refractivity (Wildman–Crippen MR) is 95.3 cm³/mol. The van der Waals surface area contributed by atoms with Crippen molar-refractivity contribution >= 4 is 23.7 Å². The maximum absolute atomic E-state index is 12.5. The molecule has 0 aliphatic carbocycles. The highest BCUT2D eigenvalue weighted by Gasteiger charge is 2.32. The minimum absolute atomic E-state index is 0.0397. The maximum Gasteiger partial charge on any atom is 0.328 e. The first-order valence-electron chi connectivity index (χ1n) is 8.59. The van der Waals surface area contributed by atoms with Gasteiger partial charge in [0, 0.05) is 0 Å². The quantitative estimate of drug-likeness (QED) is 0.198. The molecule has 156 valence electrons. The fourth-order valence-electron chi connectivity index (χ4n) is 2.11. The lowest BCUT2D eigenvalue weighted by Crippen LogP contribution is -2.59. The van der Waals surface area contributed by atoms with Crippen LogP contribution in [0.4, 0.5) is 0 Å². The SMILES string of the molecule is CC(C)CC(NC(=O)C(NC(=O)C(C)N)C(C)O)C(=O)NC(CO)C(=O)O. The van der Waals surface area contributed by atoms with Crippen molar-refractivity contribution < 1.29 is 34.5 Å². The molecule has 8 N–H and O–H groups in total. The molecular formula is C16H30N4O7. The molecule has 11 heteroatoms. The molecule has 5 atom stereocenters. The molecule has 0 aliphatic heterocycles. The molecule has 0 bridgehead atoms. The van der Waals surface area contributed by atoms with Crippen molar-refractivity contribution in [3.05, 3.63) is 0 Å². The Hall–Kier alpha value is -2.24. The van der Waals surface area contributed by atoms with Crippen LogP contribution in [0.15, 0.2) is 0 Å². The zero-order chi connectivity index (χ0) is 21.3. The summed E-state index contributed by atoms with van der Waals surface area (Å²) >= 11 is 0. The van der Waals surface area contributed by atoms with Crippen LogP contribution in [0.3, 0.4) is 0 Å². The van der Waals surface area contributed by atoms with E-state index in [-0.39, 0.29) is 12.3 Å². The van der Waals surface area contributed by atoms with Gasteiger partial charge in [-0.05, 0) is 26.2 Å². The van der Waals surface area contributed by atoms with Gasteiger partial charge in [-0.25, -0.2) is 4.79 Å². The Morgan fingerprint density at radius 2 is 1.41 bits per heavy atom. The van der Waals surface area contributed by atoms with Crippen molar-refractivity contribution in [1.82, 2.24) is 16.0 Å². The van der Waals surface area contributed by atoms with Gasteiger partial charge in [-0.3, -0.25) is 14.4 Å². The van der Waals surface area contributed by atoms with Crippen LogP contribution in [-0.4, -0.2) is 75.9 Å². The molecule has 0 saturated heterocycles. The molecule has 3 amide bonds. The Labute approximate surface area is 157 Å². The first-order chi connectivity index (χ1) is 12.4. The van der Waals surface area contributed by atoms with Gasteiger partial charge < -0.3 is 37.0 Å². The number of nitrogens with two attached hydrogens (primary N) is 1. The number of carboxylic acid groups (broad SMARTS) is 1. The first kappa shape index (κ1) is 24.8. The van der Waals surface area contributed by atoms with Crippen molar-refractivity contribution in [3.8, 4) is 0 Å². The summed E-state index contributed by atoms with van der Waals surface area (Å²) in [6.07, 6.45) is -1.09. The van der Waals surface area contributed by atoms with Gasteiger partial charge in [0.15, 0.2) is 0 Å². The zero-order valence-electron chi connectivity index (χ0n) is 15.9. The summed E-state index contributed by atoms with van der Waals surface area (Å²) in [6, 6.07) is -4.90. The Morgan fingerprint density at radius 3 is 1.78 bits per heavy atom. The van der Waals surface area contributed by atoms with Gasteiger partial charge in [0.05, 0.1) is 18.8 Å². The van der Waals surface area contributed by atoms with Crippen LogP contribution < -0.4 is 21.7 Å². The van der Waals surface area contributed by atoms with Gasteiger partial charge in [0.1, 0.15) is 18.1 Å². The Kier molecular flexibility index (Phi) is 10.5. The number of amides is 3. The summed E-state index contributed by atoms with van der Waals surface area (Å²) < 4.78 is 0. The van der Waals surface area contributed by atoms with E-state index in [0.717, 1.165) is 0 Å². The Morgan fingerprint density at radius 1 is 0.889 bits per heavy atom. The molecule has 0 aromatic rings. The van der Waals surface area contributed by atoms with Crippen molar-refractivity contribution in [1.29, 1.82) is 0 Å². The van der Waals surface area contributed by atoms with Crippen LogP contribution in [0.5, 0.6) is 0 Å². The summed E-state index contributed by atoms with van der Waals surface area (Å²) in [6.45, 7) is 5.45. The van der Waals surface area contributed by atoms with Crippen LogP contribution in [0.2, 0.25) is 0 Å². The highest BCUT2D eigenvalue weighted by molar-refractivity contribution is 5.94. The van der Waals surface area contributed by atoms with E-state index in [1.165, 1.54) is 13.8 Å². The molecule has 0 rings (SSSR count). The molecule has 27 heavy (non-hydrogen) atoms. The van der Waals surface area contributed by atoms with Crippen molar-refractivity contribution in [3.63, 3.8) is 0 Å². The highest BCUT2D eigenvalue weighted by Crippen LogP contribution is 2.07. The highest BCUT2D eigenvalue weighted by atomic mass is 16.4. The second-order valence-corrected chi connectivity index (χ2v) is 6.79. The van der Waals surface area contributed by atoms with Gasteiger partial charge >= 0.3 is 5.97 Å². The number of aliphatic hydroxyl groups is 2. The minimum atomic E-state index is -1.52. The predicted octanol–water partition coefficient (Wildman–Crippen LogP) is -2.71. The smallest absolute Gasteiger partial charge is 0.328 e. The molecule has 0 radical (unpaired) electrons. The van der Waals surface area contributed by atoms with Crippen LogP contribution in [0, 0.1) is 5.92 Å². The summed E-state index contributed by atoms with van der Waals surface area (Å²) in [7, 11) is 0. The number of aliphatic carboxylic acids is 1. The fraction of sp³-hybridized carbons (Fsp3) is 0.750. The Bertz CT molecular complexity index is 537. The molecule has 0 aromatic heterocycles. The van der Waals surface area contributed by atoms with E-state index in [2.05, 4.69) is 16.0 Å². The first-order valence-corrected chi connectivity index (χ1v) is 8.59. The third-order valence-electron chi connectivity index (χ3n) is 3.61. The van der Waals surface area contributed by atoms with E-state index >= 15 is 0 Å². The second-order valence-electron chi connectivity index (χ2n) is 6.79. The monoisotopic (exact) mass is 390 g/mol. The average molecular weight is 390 g/mol. The zero-order valence-corrected chi connectivity index (χ0v) is 15.9. The lowest BCUT2D eigenvalue weighted by Gasteiger charge is -2.26. The van der Waals surface area contributed by atoms with E-state index in [9.17, 15) is 24.3 Å². The number of carbonyl (C=O) groups excluding carboxylic acids is 3. The van der Waals surface area contributed by atoms with Gasteiger partial charge in [0.2, 0.25) is 17.7 Å². The number of rotatable bonds is 11. The number of carbonyl (C=O) groups is 4. The number of aliphatic hydroxyl groups excluding tert-OH is 2. The molecular weight excluding hydrogens is 360 g/mol. The summed E-state index contributed by atoms with van der Waals surface area (Å²) in [5.41, 5.74) is 5.43. The third-order valence-corrected chi connectivity index (χ3v) is 3.61. The fourth-order valence-corrected chi connectivity index (χ4v) is 2.11. The normalized spacial score (nSPS) is 16.6. The summed E-state index contributed by atoms with van der Waals surface area (Å²) in [4.78, 5) is 47.5.